The third-order valence-electron chi connectivity index (χ3n) is 2.12. The van der Waals surface area contributed by atoms with Gasteiger partial charge in [-0.05, 0) is 20.8 Å². The van der Waals surface area contributed by atoms with Gasteiger partial charge in [0.25, 0.3) is 0 Å². The van der Waals surface area contributed by atoms with E-state index >= 15 is 0 Å². The average Bonchev–Trinajstić information content (AvgIpc) is 2.43. The zero-order valence-electron chi connectivity index (χ0n) is 9.20. The quantitative estimate of drug-likeness (QED) is 0.623. The average molecular weight is 217 g/mol. The van der Waals surface area contributed by atoms with E-state index in [-0.39, 0.29) is 13.1 Å². The summed E-state index contributed by atoms with van der Waals surface area (Å²) in [5.74, 6) is -0.711. The lowest BCUT2D eigenvalue weighted by Gasteiger charge is -2.24. The minimum absolute atomic E-state index is 0.0572. The molecule has 0 aliphatic carbocycles. The fourth-order valence-electron chi connectivity index (χ4n) is 1.39. The number of halogens is 1. The molecule has 2 unspecified atom stereocenters. The van der Waals surface area contributed by atoms with E-state index in [1.54, 1.807) is 20.8 Å². The van der Waals surface area contributed by atoms with E-state index in [4.69, 9.17) is 4.74 Å². The lowest BCUT2D eigenvalue weighted by atomic mass is 10.1. The first-order valence-electron chi connectivity index (χ1n) is 4.91. The molecule has 0 spiro atoms. The van der Waals surface area contributed by atoms with Crippen molar-refractivity contribution in [3.05, 3.63) is 0 Å². The van der Waals surface area contributed by atoms with Crippen LogP contribution in [0.5, 0.6) is 0 Å². The van der Waals surface area contributed by atoms with E-state index in [1.807, 2.05) is 0 Å². The summed E-state index contributed by atoms with van der Waals surface area (Å²) in [4.78, 5) is 23.2. The Morgan fingerprint density at radius 3 is 2.47 bits per heavy atom. The van der Waals surface area contributed by atoms with Crippen LogP contribution in [-0.4, -0.2) is 42.1 Å². The summed E-state index contributed by atoms with van der Waals surface area (Å²) in [5, 5.41) is 0. The monoisotopic (exact) mass is 217 g/mol. The van der Waals surface area contributed by atoms with E-state index in [1.165, 1.54) is 4.90 Å². The van der Waals surface area contributed by atoms with E-state index in [0.717, 1.165) is 0 Å². The van der Waals surface area contributed by atoms with Gasteiger partial charge in [0.2, 0.25) is 0 Å². The van der Waals surface area contributed by atoms with Crippen LogP contribution in [0.1, 0.15) is 20.8 Å². The van der Waals surface area contributed by atoms with Crippen LogP contribution < -0.4 is 0 Å². The third kappa shape index (κ3) is 3.18. The molecule has 4 nitrogen and oxygen atoms in total. The van der Waals surface area contributed by atoms with Crippen molar-refractivity contribution >= 4 is 12.4 Å². The molecule has 0 aromatic heterocycles. The second-order valence-electron chi connectivity index (χ2n) is 4.70. The van der Waals surface area contributed by atoms with Crippen molar-refractivity contribution in [3.8, 4) is 0 Å². The van der Waals surface area contributed by atoms with Crippen LogP contribution >= 0.6 is 0 Å². The van der Waals surface area contributed by atoms with Crippen molar-refractivity contribution in [2.75, 3.05) is 13.1 Å². The summed E-state index contributed by atoms with van der Waals surface area (Å²) in [6.07, 6.45) is -1.28. The van der Waals surface area contributed by atoms with Gasteiger partial charge in [0, 0.05) is 6.54 Å². The number of aldehydes is 1. The van der Waals surface area contributed by atoms with Gasteiger partial charge >= 0.3 is 6.09 Å². The van der Waals surface area contributed by atoms with Gasteiger partial charge in [-0.25, -0.2) is 9.18 Å². The predicted octanol–water partition coefficient (Wildman–Crippen LogP) is 1.39. The topological polar surface area (TPSA) is 46.6 Å². The minimum atomic E-state index is -1.27. The molecule has 1 amide bonds. The third-order valence-corrected chi connectivity index (χ3v) is 2.12. The van der Waals surface area contributed by atoms with Crippen LogP contribution in [0, 0.1) is 5.92 Å². The number of carbonyl (C=O) groups is 2. The van der Waals surface area contributed by atoms with Crippen molar-refractivity contribution in [2.24, 2.45) is 5.92 Å². The maximum Gasteiger partial charge on any atom is 0.410 e. The number of alkyl halides is 1. The number of hydrogen-bond acceptors (Lipinski definition) is 3. The van der Waals surface area contributed by atoms with Gasteiger partial charge < -0.3 is 14.4 Å². The van der Waals surface area contributed by atoms with Gasteiger partial charge in [-0.15, -0.1) is 0 Å². The first-order valence-corrected chi connectivity index (χ1v) is 4.91. The number of hydrogen-bond donors (Lipinski definition) is 0. The highest BCUT2D eigenvalue weighted by molar-refractivity contribution is 5.70. The van der Waals surface area contributed by atoms with Gasteiger partial charge in [0.1, 0.15) is 18.1 Å². The lowest BCUT2D eigenvalue weighted by Crippen LogP contribution is -2.35. The van der Waals surface area contributed by atoms with E-state index in [2.05, 4.69) is 0 Å². The van der Waals surface area contributed by atoms with Crippen LogP contribution in [0.4, 0.5) is 9.18 Å². The second-order valence-corrected chi connectivity index (χ2v) is 4.70. The summed E-state index contributed by atoms with van der Waals surface area (Å²) in [6.45, 7) is 5.28. The van der Waals surface area contributed by atoms with Crippen molar-refractivity contribution in [1.29, 1.82) is 0 Å². The molecule has 0 saturated carbocycles. The normalized spacial score (nSPS) is 26.5. The molecule has 0 radical (unpaired) electrons. The van der Waals surface area contributed by atoms with Crippen molar-refractivity contribution in [1.82, 2.24) is 4.90 Å². The molecular weight excluding hydrogens is 201 g/mol. The molecule has 86 valence electrons. The molecule has 2 atom stereocenters. The lowest BCUT2D eigenvalue weighted by molar-refractivity contribution is -0.111. The summed E-state index contributed by atoms with van der Waals surface area (Å²) < 4.78 is 18.2. The summed E-state index contributed by atoms with van der Waals surface area (Å²) >= 11 is 0. The summed E-state index contributed by atoms with van der Waals surface area (Å²) in [7, 11) is 0. The summed E-state index contributed by atoms with van der Waals surface area (Å²) in [6, 6.07) is 0. The SMILES string of the molecule is CC(C)(C)OC(=O)N1CC(F)C(C=O)C1. The van der Waals surface area contributed by atoms with Crippen LogP contribution in [0.15, 0.2) is 0 Å². The number of amides is 1. The number of nitrogens with zero attached hydrogens (tertiary/aromatic N) is 1. The van der Waals surface area contributed by atoms with Crippen LogP contribution in [-0.2, 0) is 9.53 Å². The zero-order chi connectivity index (χ0) is 11.6. The van der Waals surface area contributed by atoms with Crippen molar-refractivity contribution in [3.63, 3.8) is 0 Å². The Balaban J connectivity index is 2.53. The van der Waals surface area contributed by atoms with Crippen LogP contribution in [0.2, 0.25) is 0 Å². The Kier molecular flexibility index (Phi) is 3.31. The maximum atomic E-state index is 13.2. The predicted molar refractivity (Wildman–Crippen MR) is 52.3 cm³/mol. The Morgan fingerprint density at radius 2 is 2.07 bits per heavy atom. The molecular formula is C10H16FNO3. The highest BCUT2D eigenvalue weighted by atomic mass is 19.1. The Hall–Kier alpha value is -1.13. The van der Waals surface area contributed by atoms with Gasteiger partial charge in [-0.2, -0.15) is 0 Å². The number of likely N-dealkylation sites (tertiary alicyclic amines) is 1. The Morgan fingerprint density at radius 1 is 1.47 bits per heavy atom. The number of ether oxygens (including phenoxy) is 1. The molecule has 0 aromatic carbocycles. The highest BCUT2D eigenvalue weighted by Gasteiger charge is 2.36. The van der Waals surface area contributed by atoms with Crippen LogP contribution in [0.25, 0.3) is 0 Å². The molecule has 1 fully saturated rings. The molecule has 0 N–H and O–H groups in total. The highest BCUT2D eigenvalue weighted by Crippen LogP contribution is 2.20. The van der Waals surface area contributed by atoms with Gasteiger partial charge in [0.05, 0.1) is 12.5 Å². The van der Waals surface area contributed by atoms with Gasteiger partial charge in [0.15, 0.2) is 0 Å². The molecule has 1 aliphatic heterocycles. The standard InChI is InChI=1S/C10H16FNO3/c1-10(2,3)15-9(14)12-4-7(6-13)8(11)5-12/h6-8H,4-5H2,1-3H3. The fourth-order valence-corrected chi connectivity index (χ4v) is 1.39. The number of carbonyl (C=O) groups excluding carboxylic acids is 2. The Bertz CT molecular complexity index is 262. The zero-order valence-corrected chi connectivity index (χ0v) is 9.20. The number of rotatable bonds is 1. The smallest absolute Gasteiger partial charge is 0.410 e. The van der Waals surface area contributed by atoms with E-state index < -0.39 is 23.8 Å². The Labute approximate surface area is 88.4 Å². The molecule has 1 aliphatic rings. The molecule has 0 bridgehead atoms. The molecule has 0 aromatic rings. The maximum absolute atomic E-state index is 13.2. The molecule has 15 heavy (non-hydrogen) atoms. The first-order chi connectivity index (χ1) is 6.83. The van der Waals surface area contributed by atoms with E-state index in [9.17, 15) is 14.0 Å². The summed E-state index contributed by atoms with van der Waals surface area (Å²) in [5.41, 5.74) is -0.595. The first kappa shape index (κ1) is 11.9. The van der Waals surface area contributed by atoms with Gasteiger partial charge in [-0.1, -0.05) is 0 Å². The molecule has 5 heteroatoms. The largest absolute Gasteiger partial charge is 0.444 e. The molecule has 1 heterocycles. The van der Waals surface area contributed by atoms with Gasteiger partial charge in [-0.3, -0.25) is 0 Å². The van der Waals surface area contributed by atoms with E-state index in [0.29, 0.717) is 6.29 Å². The molecule has 1 rings (SSSR count). The molecule has 1 saturated heterocycles. The fraction of sp³-hybridized carbons (Fsp3) is 0.800. The van der Waals surface area contributed by atoms with Crippen LogP contribution in [0.3, 0.4) is 0 Å². The minimum Gasteiger partial charge on any atom is -0.444 e. The van der Waals surface area contributed by atoms with Crippen molar-refractivity contribution in [2.45, 2.75) is 32.5 Å². The second kappa shape index (κ2) is 4.16. The van der Waals surface area contributed by atoms with Crippen molar-refractivity contribution < 1.29 is 18.7 Å².